The van der Waals surface area contributed by atoms with Gasteiger partial charge in [0, 0.05) is 28.8 Å². The number of amides is 2. The fraction of sp³-hybridized carbons (Fsp3) is 0.211. The van der Waals surface area contributed by atoms with Crippen molar-refractivity contribution >= 4 is 46.6 Å². The van der Waals surface area contributed by atoms with E-state index in [9.17, 15) is 19.5 Å². The molecule has 3 rings (SSSR count). The zero-order valence-corrected chi connectivity index (χ0v) is 16.1. The maximum absolute atomic E-state index is 12.4. The maximum Gasteiger partial charge on any atom is 0.293 e. The van der Waals surface area contributed by atoms with Crippen molar-refractivity contribution in [3.63, 3.8) is 0 Å². The minimum absolute atomic E-state index is 0.0735. The highest BCUT2D eigenvalue weighted by atomic mass is 35.5. The zero-order chi connectivity index (χ0) is 19.7. The predicted octanol–water partition coefficient (Wildman–Crippen LogP) is 3.66. The van der Waals surface area contributed by atoms with E-state index in [4.69, 9.17) is 16.0 Å². The third-order valence-corrected chi connectivity index (χ3v) is 5.03. The summed E-state index contributed by atoms with van der Waals surface area (Å²) in [7, 11) is 0. The second-order valence-corrected chi connectivity index (χ2v) is 7.77. The van der Waals surface area contributed by atoms with E-state index in [0.717, 1.165) is 11.8 Å². The Morgan fingerprint density at radius 1 is 1.30 bits per heavy atom. The largest absolute Gasteiger partial charge is 0.545 e. The molecule has 140 valence electrons. The molecule has 0 unspecified atom stereocenters. The summed E-state index contributed by atoms with van der Waals surface area (Å²) in [6, 6.07) is 7.71. The van der Waals surface area contributed by atoms with Crippen molar-refractivity contribution in [2.75, 3.05) is 6.54 Å². The summed E-state index contributed by atoms with van der Waals surface area (Å²) in [6.45, 7) is 4.22. The molecule has 2 aromatic rings. The van der Waals surface area contributed by atoms with Gasteiger partial charge < -0.3 is 14.3 Å². The van der Waals surface area contributed by atoms with Crippen LogP contribution in [0.4, 0.5) is 4.79 Å². The van der Waals surface area contributed by atoms with Crippen molar-refractivity contribution in [1.29, 1.82) is 0 Å². The number of carbonyl (C=O) groups is 3. The van der Waals surface area contributed by atoms with Crippen LogP contribution in [0.2, 0.25) is 5.02 Å². The molecule has 0 saturated carbocycles. The average molecular weight is 405 g/mol. The third kappa shape index (κ3) is 4.09. The molecule has 0 bridgehead atoms. The highest BCUT2D eigenvalue weighted by Crippen LogP contribution is 2.34. The van der Waals surface area contributed by atoms with Gasteiger partial charge in [0.15, 0.2) is 0 Å². The van der Waals surface area contributed by atoms with Crippen LogP contribution in [0.1, 0.15) is 30.0 Å². The van der Waals surface area contributed by atoms with Gasteiger partial charge in [-0.05, 0) is 48.0 Å². The molecule has 1 aromatic carbocycles. The van der Waals surface area contributed by atoms with Gasteiger partial charge in [-0.3, -0.25) is 14.5 Å². The monoisotopic (exact) mass is 404 g/mol. The molecule has 0 radical (unpaired) electrons. The minimum atomic E-state index is -1.38. The Morgan fingerprint density at radius 3 is 2.70 bits per heavy atom. The van der Waals surface area contributed by atoms with E-state index in [1.165, 1.54) is 23.1 Å². The van der Waals surface area contributed by atoms with Crippen molar-refractivity contribution in [3.8, 4) is 11.3 Å². The summed E-state index contributed by atoms with van der Waals surface area (Å²) < 4.78 is 5.68. The molecular weight excluding hydrogens is 390 g/mol. The van der Waals surface area contributed by atoms with Gasteiger partial charge in [0.1, 0.15) is 11.5 Å². The Bertz CT molecular complexity index is 963. The van der Waals surface area contributed by atoms with E-state index in [-0.39, 0.29) is 32.6 Å². The van der Waals surface area contributed by atoms with Gasteiger partial charge in [0.25, 0.3) is 11.1 Å². The van der Waals surface area contributed by atoms with E-state index in [0.29, 0.717) is 23.6 Å². The number of rotatable bonds is 5. The molecule has 2 heterocycles. The number of nitrogens with zero attached hydrogens (tertiary/aromatic N) is 1. The number of thioether (sulfide) groups is 1. The first kappa shape index (κ1) is 19.3. The fourth-order valence-electron chi connectivity index (χ4n) is 2.57. The van der Waals surface area contributed by atoms with Crippen LogP contribution in [0.15, 0.2) is 39.7 Å². The first-order valence-corrected chi connectivity index (χ1v) is 9.32. The topological polar surface area (TPSA) is 90.7 Å². The number of carboxylic acid groups (broad SMARTS) is 1. The molecule has 2 amide bonds. The van der Waals surface area contributed by atoms with Gasteiger partial charge >= 0.3 is 0 Å². The quantitative estimate of drug-likeness (QED) is 0.706. The highest BCUT2D eigenvalue weighted by molar-refractivity contribution is 8.18. The smallest absolute Gasteiger partial charge is 0.293 e. The van der Waals surface area contributed by atoms with Gasteiger partial charge in [0.2, 0.25) is 0 Å². The summed E-state index contributed by atoms with van der Waals surface area (Å²) in [5.74, 6) is -0.766. The van der Waals surface area contributed by atoms with Crippen molar-refractivity contribution in [2.45, 2.75) is 13.8 Å². The summed E-state index contributed by atoms with van der Waals surface area (Å²) in [4.78, 5) is 37.0. The van der Waals surface area contributed by atoms with E-state index < -0.39 is 5.97 Å². The molecule has 1 fully saturated rings. The summed E-state index contributed by atoms with van der Waals surface area (Å²) >= 11 is 6.71. The average Bonchev–Trinajstić information content (AvgIpc) is 3.15. The number of carboxylic acids is 1. The van der Waals surface area contributed by atoms with Crippen LogP contribution in [-0.2, 0) is 4.79 Å². The van der Waals surface area contributed by atoms with Crippen LogP contribution < -0.4 is 5.11 Å². The standard InChI is InChI=1S/C19H16ClNO5S/c1-10(2)9-21-17(22)16(27-19(21)25)8-12-4-6-15(26-12)11-3-5-14(20)13(7-11)18(23)24/h3-8,10H,9H2,1-2H3,(H,23,24)/p-1/b16-8-. The predicted molar refractivity (Wildman–Crippen MR) is 101 cm³/mol. The molecule has 1 saturated heterocycles. The van der Waals surface area contributed by atoms with Gasteiger partial charge in [-0.1, -0.05) is 25.4 Å². The molecule has 0 aliphatic carbocycles. The SMILES string of the molecule is CC(C)CN1C(=O)S/C(=C\c2ccc(-c3ccc(Cl)c(C(=O)[O-])c3)o2)C1=O. The van der Waals surface area contributed by atoms with Gasteiger partial charge in [0.05, 0.1) is 10.9 Å². The number of benzene rings is 1. The molecule has 6 nitrogen and oxygen atoms in total. The molecular formula is C19H15ClNO5S-. The zero-order valence-electron chi connectivity index (χ0n) is 14.5. The number of hydrogen-bond acceptors (Lipinski definition) is 6. The lowest BCUT2D eigenvalue weighted by Crippen LogP contribution is -2.31. The molecule has 1 aliphatic rings. The van der Waals surface area contributed by atoms with Gasteiger partial charge in [-0.25, -0.2) is 0 Å². The van der Waals surface area contributed by atoms with Crippen LogP contribution in [0, 0.1) is 5.92 Å². The van der Waals surface area contributed by atoms with Crippen molar-refractivity contribution in [2.24, 2.45) is 5.92 Å². The highest BCUT2D eigenvalue weighted by Gasteiger charge is 2.35. The lowest BCUT2D eigenvalue weighted by Gasteiger charge is -2.14. The second-order valence-electron chi connectivity index (χ2n) is 6.37. The van der Waals surface area contributed by atoms with E-state index >= 15 is 0 Å². The molecule has 0 N–H and O–H groups in total. The molecule has 0 atom stereocenters. The number of aromatic carboxylic acids is 1. The summed E-state index contributed by atoms with van der Waals surface area (Å²) in [5.41, 5.74) is 0.369. The lowest BCUT2D eigenvalue weighted by molar-refractivity contribution is -0.255. The Balaban J connectivity index is 1.86. The number of imide groups is 1. The van der Waals surface area contributed by atoms with Crippen LogP contribution in [0.25, 0.3) is 17.4 Å². The second kappa shape index (κ2) is 7.62. The summed E-state index contributed by atoms with van der Waals surface area (Å²) in [5, 5.41) is 10.9. The van der Waals surface area contributed by atoms with Crippen LogP contribution in [0.5, 0.6) is 0 Å². The number of hydrogen-bond donors (Lipinski definition) is 0. The molecule has 1 aromatic heterocycles. The fourth-order valence-corrected chi connectivity index (χ4v) is 3.60. The maximum atomic E-state index is 12.4. The Morgan fingerprint density at radius 2 is 2.04 bits per heavy atom. The van der Waals surface area contributed by atoms with Crippen LogP contribution in [-0.4, -0.2) is 28.6 Å². The number of furan rings is 1. The van der Waals surface area contributed by atoms with E-state index in [2.05, 4.69) is 0 Å². The van der Waals surface area contributed by atoms with Crippen LogP contribution >= 0.6 is 23.4 Å². The number of carbonyl (C=O) groups excluding carboxylic acids is 3. The lowest BCUT2D eigenvalue weighted by atomic mass is 10.1. The van der Waals surface area contributed by atoms with Crippen molar-refractivity contribution in [1.82, 2.24) is 4.90 Å². The van der Waals surface area contributed by atoms with E-state index in [1.807, 2.05) is 13.8 Å². The molecule has 1 aliphatic heterocycles. The van der Waals surface area contributed by atoms with E-state index in [1.54, 1.807) is 18.2 Å². The van der Waals surface area contributed by atoms with Gasteiger partial charge in [-0.2, -0.15) is 0 Å². The van der Waals surface area contributed by atoms with Crippen molar-refractivity contribution < 1.29 is 23.9 Å². The molecule has 0 spiro atoms. The normalized spacial score (nSPS) is 16.0. The first-order valence-electron chi connectivity index (χ1n) is 8.12. The van der Waals surface area contributed by atoms with Crippen LogP contribution in [0.3, 0.4) is 0 Å². The third-order valence-electron chi connectivity index (χ3n) is 3.79. The molecule has 8 heteroatoms. The Hall–Kier alpha value is -2.51. The Kier molecular flexibility index (Phi) is 5.43. The Labute approximate surface area is 164 Å². The van der Waals surface area contributed by atoms with Crippen molar-refractivity contribution in [3.05, 3.63) is 51.6 Å². The van der Waals surface area contributed by atoms with Gasteiger partial charge in [-0.15, -0.1) is 0 Å². The number of halogens is 1. The first-order chi connectivity index (χ1) is 12.8. The molecule has 27 heavy (non-hydrogen) atoms. The minimum Gasteiger partial charge on any atom is -0.545 e. The summed E-state index contributed by atoms with van der Waals surface area (Å²) in [6.07, 6.45) is 1.50.